The van der Waals surface area contributed by atoms with E-state index < -0.39 is 0 Å². The lowest BCUT2D eigenvalue weighted by Crippen LogP contribution is -1.99. The molecule has 0 aliphatic heterocycles. The lowest BCUT2D eigenvalue weighted by atomic mass is 10.0. The maximum atomic E-state index is 5.07. The Morgan fingerprint density at radius 2 is 0.839 bits per heavy atom. The van der Waals surface area contributed by atoms with Gasteiger partial charge in [0.15, 0.2) is 5.82 Å². The summed E-state index contributed by atoms with van der Waals surface area (Å²) in [5, 5.41) is 4.99. The Morgan fingerprint density at radius 1 is 0.339 bits per heavy atom. The maximum Gasteiger partial charge on any atom is 0.160 e. The van der Waals surface area contributed by atoms with E-state index in [4.69, 9.17) is 9.97 Å². The van der Waals surface area contributed by atoms with Crippen molar-refractivity contribution in [2.75, 3.05) is 0 Å². The predicted molar refractivity (Wildman–Crippen MR) is 259 cm³/mol. The average Bonchev–Trinajstić information content (AvgIpc) is 3.87. The summed E-state index contributed by atoms with van der Waals surface area (Å²) in [5.74, 6) is 0.766. The normalized spacial score (nSPS) is 12.7. The SMILES string of the molecule is C1=CC(c2nc(-c3ccccc3)cc(-c3ccc(-c4ccc(-n5c6ccccc6c6ccc(-c7ccc8c(c7)c7ccccc7n8-c7ccccc7)cc65)cc4)cc3)n2)=CCC1. The third-order valence-corrected chi connectivity index (χ3v) is 12.4. The van der Waals surface area contributed by atoms with Gasteiger partial charge in [-0.1, -0.05) is 158 Å². The molecule has 0 radical (unpaired) electrons. The minimum absolute atomic E-state index is 0.766. The first kappa shape index (κ1) is 35.8. The van der Waals surface area contributed by atoms with Gasteiger partial charge in [0.25, 0.3) is 0 Å². The first-order valence-electron chi connectivity index (χ1n) is 21.4. The van der Waals surface area contributed by atoms with Crippen molar-refractivity contribution in [2.45, 2.75) is 12.8 Å². The summed E-state index contributed by atoms with van der Waals surface area (Å²) in [4.78, 5) is 10.1. The lowest BCUT2D eigenvalue weighted by Gasteiger charge is -2.12. The molecule has 0 saturated carbocycles. The van der Waals surface area contributed by atoms with Crippen LogP contribution in [0.25, 0.3) is 105 Å². The Balaban J connectivity index is 0.901. The number of rotatable bonds is 7. The molecule has 1 aliphatic carbocycles. The lowest BCUT2D eigenvalue weighted by molar-refractivity contribution is 1.03. The molecular formula is C58H40N4. The molecule has 0 unspecified atom stereocenters. The fourth-order valence-electron chi connectivity index (χ4n) is 9.33. The Hall–Kier alpha value is -8.08. The van der Waals surface area contributed by atoms with Gasteiger partial charge in [-0.25, -0.2) is 9.97 Å². The summed E-state index contributed by atoms with van der Waals surface area (Å²) in [5.41, 5.74) is 16.9. The van der Waals surface area contributed by atoms with E-state index in [9.17, 15) is 0 Å². The summed E-state index contributed by atoms with van der Waals surface area (Å²) in [6.07, 6.45) is 8.66. The van der Waals surface area contributed by atoms with Gasteiger partial charge in [0.05, 0.1) is 33.5 Å². The molecule has 62 heavy (non-hydrogen) atoms. The van der Waals surface area contributed by atoms with Crippen molar-refractivity contribution in [3.05, 3.63) is 224 Å². The van der Waals surface area contributed by atoms with Crippen molar-refractivity contribution in [2.24, 2.45) is 0 Å². The number of aromatic nitrogens is 4. The molecule has 0 saturated heterocycles. The van der Waals surface area contributed by atoms with Crippen molar-refractivity contribution in [3.63, 3.8) is 0 Å². The van der Waals surface area contributed by atoms with Crippen LogP contribution >= 0.6 is 0 Å². The molecular weight excluding hydrogens is 753 g/mol. The Morgan fingerprint density at radius 3 is 1.53 bits per heavy atom. The number of allylic oxidation sites excluding steroid dienone is 4. The number of fused-ring (bicyclic) bond motifs is 6. The number of para-hydroxylation sites is 3. The van der Waals surface area contributed by atoms with E-state index in [1.807, 2.05) is 6.07 Å². The smallest absolute Gasteiger partial charge is 0.160 e. The quantitative estimate of drug-likeness (QED) is 0.161. The molecule has 11 aromatic rings. The molecule has 0 bridgehead atoms. The van der Waals surface area contributed by atoms with E-state index in [1.165, 1.54) is 60.4 Å². The van der Waals surface area contributed by atoms with Gasteiger partial charge in [0.1, 0.15) is 0 Å². The molecule has 4 nitrogen and oxygen atoms in total. The second-order valence-electron chi connectivity index (χ2n) is 16.1. The zero-order valence-electron chi connectivity index (χ0n) is 34.0. The van der Waals surface area contributed by atoms with Crippen LogP contribution < -0.4 is 0 Å². The van der Waals surface area contributed by atoms with Gasteiger partial charge in [0, 0.05) is 49.6 Å². The largest absolute Gasteiger partial charge is 0.309 e. The van der Waals surface area contributed by atoms with Crippen LogP contribution in [-0.4, -0.2) is 19.1 Å². The van der Waals surface area contributed by atoms with Gasteiger partial charge >= 0.3 is 0 Å². The van der Waals surface area contributed by atoms with E-state index in [0.29, 0.717) is 0 Å². The number of hydrogen-bond acceptors (Lipinski definition) is 2. The van der Waals surface area contributed by atoms with Crippen LogP contribution in [0, 0.1) is 0 Å². The van der Waals surface area contributed by atoms with Crippen LogP contribution in [0.1, 0.15) is 18.7 Å². The highest BCUT2D eigenvalue weighted by atomic mass is 15.0. The number of hydrogen-bond donors (Lipinski definition) is 0. The summed E-state index contributed by atoms with van der Waals surface area (Å²) >= 11 is 0. The highest BCUT2D eigenvalue weighted by Gasteiger charge is 2.17. The predicted octanol–water partition coefficient (Wildman–Crippen LogP) is 15.1. The molecule has 0 amide bonds. The molecule has 3 heterocycles. The van der Waals surface area contributed by atoms with Gasteiger partial charge in [-0.05, 0) is 95.8 Å². The average molecular weight is 793 g/mol. The van der Waals surface area contributed by atoms with Crippen LogP contribution in [0.5, 0.6) is 0 Å². The van der Waals surface area contributed by atoms with Gasteiger partial charge in [-0.2, -0.15) is 0 Å². The second-order valence-corrected chi connectivity index (χ2v) is 16.1. The van der Waals surface area contributed by atoms with Crippen molar-refractivity contribution in [3.8, 4) is 56.1 Å². The minimum atomic E-state index is 0.766. The van der Waals surface area contributed by atoms with Crippen LogP contribution in [0.2, 0.25) is 0 Å². The van der Waals surface area contributed by atoms with Gasteiger partial charge in [0.2, 0.25) is 0 Å². The number of nitrogens with zero attached hydrogens (tertiary/aromatic N) is 4. The molecule has 0 fully saturated rings. The van der Waals surface area contributed by atoms with E-state index in [2.05, 4.69) is 221 Å². The zero-order valence-corrected chi connectivity index (χ0v) is 34.0. The van der Waals surface area contributed by atoms with Crippen LogP contribution in [0.15, 0.2) is 218 Å². The molecule has 0 spiro atoms. The van der Waals surface area contributed by atoms with Gasteiger partial charge < -0.3 is 9.13 Å². The van der Waals surface area contributed by atoms with Crippen LogP contribution in [-0.2, 0) is 0 Å². The summed E-state index contributed by atoms with van der Waals surface area (Å²) in [7, 11) is 0. The topological polar surface area (TPSA) is 35.6 Å². The summed E-state index contributed by atoms with van der Waals surface area (Å²) < 4.78 is 4.78. The third kappa shape index (κ3) is 6.15. The zero-order chi connectivity index (χ0) is 41.0. The fourth-order valence-corrected chi connectivity index (χ4v) is 9.33. The molecule has 8 aromatic carbocycles. The summed E-state index contributed by atoms with van der Waals surface area (Å²) in [6, 6.07) is 72.2. The molecule has 4 heteroatoms. The standard InChI is InChI=1S/C58H40N4/c1-4-14-41(15-5-1)52-38-53(60-58(59-52)43-16-6-2-7-17-43)42-26-24-39(25-27-42)40-28-32-47(33-29-40)62-54-22-12-10-20-48(54)50-34-30-45(37-57(50)62)44-31-35-56-51(36-44)49-21-11-13-23-55(49)61(56)46-18-8-3-9-19-46/h1,3-6,8-38H,2,7H2. The Labute approximate surface area is 360 Å². The van der Waals surface area contributed by atoms with E-state index in [0.717, 1.165) is 63.6 Å². The second kappa shape index (κ2) is 14.9. The van der Waals surface area contributed by atoms with Crippen molar-refractivity contribution in [1.29, 1.82) is 0 Å². The number of benzene rings is 8. The van der Waals surface area contributed by atoms with Crippen molar-refractivity contribution in [1.82, 2.24) is 19.1 Å². The van der Waals surface area contributed by atoms with Crippen LogP contribution in [0.3, 0.4) is 0 Å². The molecule has 0 atom stereocenters. The third-order valence-electron chi connectivity index (χ3n) is 12.4. The molecule has 12 rings (SSSR count). The van der Waals surface area contributed by atoms with Gasteiger partial charge in [-0.15, -0.1) is 0 Å². The molecule has 292 valence electrons. The first-order chi connectivity index (χ1) is 30.7. The fraction of sp³-hybridized carbons (Fsp3) is 0.0345. The first-order valence-corrected chi connectivity index (χ1v) is 21.4. The van der Waals surface area contributed by atoms with E-state index >= 15 is 0 Å². The Bertz CT molecular complexity index is 3540. The van der Waals surface area contributed by atoms with E-state index in [1.54, 1.807) is 0 Å². The highest BCUT2D eigenvalue weighted by Crippen LogP contribution is 2.39. The molecule has 3 aromatic heterocycles. The maximum absolute atomic E-state index is 5.07. The highest BCUT2D eigenvalue weighted by molar-refractivity contribution is 6.12. The minimum Gasteiger partial charge on any atom is -0.309 e. The van der Waals surface area contributed by atoms with Crippen molar-refractivity contribution < 1.29 is 0 Å². The van der Waals surface area contributed by atoms with Crippen molar-refractivity contribution >= 4 is 49.2 Å². The van der Waals surface area contributed by atoms with Crippen LogP contribution in [0.4, 0.5) is 0 Å². The molecule has 0 N–H and O–H groups in total. The Kier molecular flexibility index (Phi) is 8.60. The van der Waals surface area contributed by atoms with Gasteiger partial charge in [-0.3, -0.25) is 0 Å². The monoisotopic (exact) mass is 792 g/mol. The summed E-state index contributed by atoms with van der Waals surface area (Å²) in [6.45, 7) is 0. The van der Waals surface area contributed by atoms with E-state index in [-0.39, 0.29) is 0 Å². The molecule has 1 aliphatic rings.